The van der Waals surface area contributed by atoms with Gasteiger partial charge in [0.05, 0.1) is 10.3 Å². The minimum atomic E-state index is -1.67. The first-order valence-corrected chi connectivity index (χ1v) is 4.59. The molecule has 0 amide bonds. The van der Waals surface area contributed by atoms with Crippen molar-refractivity contribution in [3.8, 4) is 5.75 Å². The summed E-state index contributed by atoms with van der Waals surface area (Å²) < 4.78 is 4.65. The number of carboxylic acids is 1. The number of benzene rings is 1. The molecule has 92 valence electrons. The van der Waals surface area contributed by atoms with E-state index in [1.807, 2.05) is 0 Å². The number of aromatic carboxylic acids is 1. The molecule has 0 saturated carbocycles. The summed E-state index contributed by atoms with van der Waals surface area (Å²) in [5, 5.41) is 28.7. The van der Waals surface area contributed by atoms with Crippen LogP contribution in [0, 0.1) is 10.1 Å². The number of hydrogen-bond acceptors (Lipinski definition) is 6. The van der Waals surface area contributed by atoms with Crippen molar-refractivity contribution in [2.75, 3.05) is 0 Å². The van der Waals surface area contributed by atoms with Crippen LogP contribution < -0.4 is 5.63 Å². The first-order valence-electron chi connectivity index (χ1n) is 4.59. The van der Waals surface area contributed by atoms with E-state index in [9.17, 15) is 24.8 Å². The van der Waals surface area contributed by atoms with Crippen LogP contribution in [-0.4, -0.2) is 21.1 Å². The Morgan fingerprint density at radius 1 is 1.39 bits per heavy atom. The van der Waals surface area contributed by atoms with Gasteiger partial charge in [-0.1, -0.05) is 0 Å². The summed E-state index contributed by atoms with van der Waals surface area (Å²) in [6.45, 7) is 0. The van der Waals surface area contributed by atoms with E-state index in [-0.39, 0.29) is 16.7 Å². The highest BCUT2D eigenvalue weighted by Gasteiger charge is 2.21. The van der Waals surface area contributed by atoms with Crippen LogP contribution in [0.3, 0.4) is 0 Å². The van der Waals surface area contributed by atoms with Crippen molar-refractivity contribution in [2.45, 2.75) is 0 Å². The fraction of sp³-hybridized carbons (Fsp3) is 0. The molecule has 0 spiro atoms. The van der Waals surface area contributed by atoms with E-state index >= 15 is 0 Å². The summed E-state index contributed by atoms with van der Waals surface area (Å²) in [6.07, 6.45) is 0. The number of aromatic hydroxyl groups is 1. The quantitative estimate of drug-likeness (QED) is 0.464. The average molecular weight is 251 g/mol. The number of fused-ring (bicyclic) bond motifs is 1. The number of nitro groups is 1. The van der Waals surface area contributed by atoms with Crippen molar-refractivity contribution in [2.24, 2.45) is 0 Å². The van der Waals surface area contributed by atoms with E-state index < -0.39 is 27.8 Å². The van der Waals surface area contributed by atoms with Gasteiger partial charge in [-0.2, -0.15) is 0 Å². The van der Waals surface area contributed by atoms with Gasteiger partial charge in [0.15, 0.2) is 5.56 Å². The smallest absolute Gasteiger partial charge is 0.354 e. The topological polar surface area (TPSA) is 131 Å². The second-order valence-electron chi connectivity index (χ2n) is 3.36. The predicted molar refractivity (Wildman–Crippen MR) is 57.8 cm³/mol. The van der Waals surface area contributed by atoms with Crippen molar-refractivity contribution < 1.29 is 24.3 Å². The van der Waals surface area contributed by atoms with Crippen molar-refractivity contribution in [1.29, 1.82) is 0 Å². The van der Waals surface area contributed by atoms with Crippen LogP contribution in [0.5, 0.6) is 5.75 Å². The van der Waals surface area contributed by atoms with Crippen LogP contribution >= 0.6 is 0 Å². The fourth-order valence-electron chi connectivity index (χ4n) is 1.48. The van der Waals surface area contributed by atoms with E-state index in [1.54, 1.807) is 0 Å². The molecule has 0 saturated heterocycles. The van der Waals surface area contributed by atoms with Gasteiger partial charge in [0.2, 0.25) is 0 Å². The number of hydrogen-bond donors (Lipinski definition) is 2. The van der Waals surface area contributed by atoms with Crippen molar-refractivity contribution in [3.63, 3.8) is 0 Å². The monoisotopic (exact) mass is 251 g/mol. The number of non-ortho nitro benzene ring substituents is 1. The zero-order valence-corrected chi connectivity index (χ0v) is 8.61. The van der Waals surface area contributed by atoms with E-state index in [2.05, 4.69) is 4.42 Å². The Kier molecular flexibility index (Phi) is 2.47. The molecule has 8 nitrogen and oxygen atoms in total. The Bertz CT molecular complexity index is 731. The molecular formula is C10H5NO7. The van der Waals surface area contributed by atoms with E-state index in [4.69, 9.17) is 5.11 Å². The van der Waals surface area contributed by atoms with E-state index in [0.717, 1.165) is 18.2 Å². The SMILES string of the molecule is O=C(O)c1c(O)c2cc([N+](=O)[O-])ccc2oc1=O. The lowest BCUT2D eigenvalue weighted by Crippen LogP contribution is -2.13. The molecule has 0 atom stereocenters. The summed E-state index contributed by atoms with van der Waals surface area (Å²) in [7, 11) is 0. The molecule has 1 aromatic carbocycles. The first-order chi connectivity index (χ1) is 8.41. The highest BCUT2D eigenvalue weighted by atomic mass is 16.6. The van der Waals surface area contributed by atoms with Crippen molar-refractivity contribution in [1.82, 2.24) is 0 Å². The molecule has 2 aromatic rings. The predicted octanol–water partition coefficient (Wildman–Crippen LogP) is 1.10. The molecule has 2 N–H and O–H groups in total. The van der Waals surface area contributed by atoms with E-state index in [0.29, 0.717) is 0 Å². The summed E-state index contributed by atoms with van der Waals surface area (Å²) in [4.78, 5) is 31.9. The minimum Gasteiger partial charge on any atom is -0.506 e. The Morgan fingerprint density at radius 3 is 2.61 bits per heavy atom. The van der Waals surface area contributed by atoms with Crippen LogP contribution in [0.2, 0.25) is 0 Å². The summed E-state index contributed by atoms with van der Waals surface area (Å²) in [6, 6.07) is 3.12. The third-order valence-electron chi connectivity index (χ3n) is 2.29. The fourth-order valence-corrected chi connectivity index (χ4v) is 1.48. The molecule has 18 heavy (non-hydrogen) atoms. The largest absolute Gasteiger partial charge is 0.506 e. The molecule has 0 radical (unpaired) electrons. The molecule has 0 aliphatic heterocycles. The van der Waals surface area contributed by atoms with Gasteiger partial charge < -0.3 is 14.6 Å². The molecule has 8 heteroatoms. The van der Waals surface area contributed by atoms with Gasteiger partial charge in [-0.15, -0.1) is 0 Å². The van der Waals surface area contributed by atoms with Crippen LogP contribution in [-0.2, 0) is 0 Å². The van der Waals surface area contributed by atoms with Crippen LogP contribution in [0.15, 0.2) is 27.4 Å². The number of rotatable bonds is 2. The summed E-state index contributed by atoms with van der Waals surface area (Å²) in [5.74, 6) is -2.52. The van der Waals surface area contributed by atoms with Gasteiger partial charge in [0.1, 0.15) is 11.3 Å². The van der Waals surface area contributed by atoms with Gasteiger partial charge in [0, 0.05) is 12.1 Å². The number of nitrogens with zero attached hydrogens (tertiary/aromatic N) is 1. The Morgan fingerprint density at radius 2 is 2.06 bits per heavy atom. The Labute approximate surface area is 97.8 Å². The van der Waals surface area contributed by atoms with E-state index in [1.165, 1.54) is 0 Å². The molecular weight excluding hydrogens is 246 g/mol. The van der Waals surface area contributed by atoms with Crippen molar-refractivity contribution in [3.05, 3.63) is 44.3 Å². The maximum Gasteiger partial charge on any atom is 0.354 e. The van der Waals surface area contributed by atoms with Gasteiger partial charge in [-0.3, -0.25) is 10.1 Å². The Hall–Kier alpha value is -2.90. The van der Waals surface area contributed by atoms with Crippen LogP contribution in [0.25, 0.3) is 11.0 Å². The summed E-state index contributed by atoms with van der Waals surface area (Å²) in [5.41, 5.74) is -2.67. The maximum absolute atomic E-state index is 11.3. The van der Waals surface area contributed by atoms with Gasteiger partial charge in [-0.05, 0) is 6.07 Å². The zero-order chi connectivity index (χ0) is 13.4. The second kappa shape index (κ2) is 3.84. The van der Waals surface area contributed by atoms with Crippen LogP contribution in [0.1, 0.15) is 10.4 Å². The lowest BCUT2D eigenvalue weighted by atomic mass is 10.1. The van der Waals surface area contributed by atoms with Gasteiger partial charge in [-0.25, -0.2) is 9.59 Å². The summed E-state index contributed by atoms with van der Waals surface area (Å²) >= 11 is 0. The van der Waals surface area contributed by atoms with Gasteiger partial charge in [0.25, 0.3) is 5.69 Å². The molecule has 0 aliphatic carbocycles. The molecule has 1 aromatic heterocycles. The number of carbonyl (C=O) groups is 1. The molecule has 2 rings (SSSR count). The normalized spacial score (nSPS) is 10.4. The van der Waals surface area contributed by atoms with Crippen molar-refractivity contribution >= 4 is 22.6 Å². The molecule has 0 fully saturated rings. The first kappa shape index (κ1) is 11.6. The maximum atomic E-state index is 11.3. The lowest BCUT2D eigenvalue weighted by molar-refractivity contribution is -0.384. The standard InChI is InChI=1S/C10H5NO7/c12-8-5-3-4(11(16)17)1-2-6(5)18-10(15)7(8)9(13)14/h1-3,12H,(H,13,14). The highest BCUT2D eigenvalue weighted by Crippen LogP contribution is 2.29. The average Bonchev–Trinajstić information content (AvgIpc) is 2.27. The third-order valence-corrected chi connectivity index (χ3v) is 2.29. The highest BCUT2D eigenvalue weighted by molar-refractivity contribution is 5.98. The number of nitro benzene ring substituents is 1. The third kappa shape index (κ3) is 1.65. The molecule has 1 heterocycles. The molecule has 0 bridgehead atoms. The molecule has 0 aliphatic rings. The lowest BCUT2D eigenvalue weighted by Gasteiger charge is -2.02. The second-order valence-corrected chi connectivity index (χ2v) is 3.36. The molecule has 0 unspecified atom stereocenters. The zero-order valence-electron chi connectivity index (χ0n) is 8.61. The van der Waals surface area contributed by atoms with Crippen LogP contribution in [0.4, 0.5) is 5.69 Å². The van der Waals surface area contributed by atoms with Gasteiger partial charge >= 0.3 is 11.6 Å². The Balaban J connectivity index is 2.90. The number of carboxylic acid groups (broad SMARTS) is 1. The minimum absolute atomic E-state index is 0.131.